The minimum Gasteiger partial charge on any atom is -0.335 e. The van der Waals surface area contributed by atoms with Crippen molar-refractivity contribution < 1.29 is 9.59 Å². The van der Waals surface area contributed by atoms with Gasteiger partial charge in [-0.3, -0.25) is 14.6 Å². The van der Waals surface area contributed by atoms with E-state index >= 15 is 0 Å². The van der Waals surface area contributed by atoms with E-state index in [2.05, 4.69) is 10.3 Å². The third kappa shape index (κ3) is 5.05. The average molecular weight is 384 g/mol. The second-order valence-electron chi connectivity index (χ2n) is 6.38. The number of hydrogen-bond donors (Lipinski definition) is 1. The minimum atomic E-state index is -0.444. The maximum atomic E-state index is 12.9. The SMILES string of the molecule is CCN(Cc1ccccc1)C(=O)c1ccnc(C(=O)Nc2cccc(C#N)c2)c1. The van der Waals surface area contributed by atoms with Crippen molar-refractivity contribution in [3.8, 4) is 6.07 Å². The number of nitrogens with one attached hydrogen (secondary N) is 1. The van der Waals surface area contributed by atoms with Crippen LogP contribution >= 0.6 is 0 Å². The maximum Gasteiger partial charge on any atom is 0.274 e. The van der Waals surface area contributed by atoms with E-state index in [4.69, 9.17) is 5.26 Å². The van der Waals surface area contributed by atoms with Gasteiger partial charge in [0.1, 0.15) is 5.69 Å². The molecule has 0 bridgehead atoms. The van der Waals surface area contributed by atoms with Crippen LogP contribution in [-0.2, 0) is 6.54 Å². The number of hydrogen-bond acceptors (Lipinski definition) is 4. The highest BCUT2D eigenvalue weighted by Crippen LogP contribution is 2.14. The summed E-state index contributed by atoms with van der Waals surface area (Å²) in [6.45, 7) is 2.94. The van der Waals surface area contributed by atoms with Gasteiger partial charge in [-0.05, 0) is 42.8 Å². The van der Waals surface area contributed by atoms with Gasteiger partial charge in [-0.15, -0.1) is 0 Å². The molecule has 0 spiro atoms. The second-order valence-corrected chi connectivity index (χ2v) is 6.38. The minimum absolute atomic E-state index is 0.133. The number of carbonyl (C=O) groups excluding carboxylic acids is 2. The van der Waals surface area contributed by atoms with Crippen LogP contribution in [0.3, 0.4) is 0 Å². The number of anilines is 1. The molecule has 0 saturated heterocycles. The average Bonchev–Trinajstić information content (AvgIpc) is 2.78. The predicted molar refractivity (Wildman–Crippen MR) is 110 cm³/mol. The Morgan fingerprint density at radius 2 is 1.86 bits per heavy atom. The number of pyridine rings is 1. The van der Waals surface area contributed by atoms with Gasteiger partial charge in [0.15, 0.2) is 0 Å². The Bertz CT molecular complexity index is 1060. The van der Waals surface area contributed by atoms with E-state index in [0.717, 1.165) is 5.56 Å². The Labute approximate surface area is 169 Å². The number of nitriles is 1. The third-order valence-corrected chi connectivity index (χ3v) is 4.37. The molecule has 144 valence electrons. The van der Waals surface area contributed by atoms with Crippen molar-refractivity contribution >= 4 is 17.5 Å². The zero-order chi connectivity index (χ0) is 20.6. The van der Waals surface area contributed by atoms with E-state index in [-0.39, 0.29) is 11.6 Å². The Hall–Kier alpha value is -3.98. The van der Waals surface area contributed by atoms with E-state index in [0.29, 0.717) is 29.9 Å². The standard InChI is InChI=1S/C23H20N4O2/c1-2-27(16-17-7-4-3-5-8-17)23(29)19-11-12-25-21(14-19)22(28)26-20-10-6-9-18(13-20)15-24/h3-14H,2,16H2,1H3,(H,26,28). The maximum absolute atomic E-state index is 12.9. The second kappa shape index (κ2) is 9.29. The summed E-state index contributed by atoms with van der Waals surface area (Å²) in [6, 6.07) is 21.4. The largest absolute Gasteiger partial charge is 0.335 e. The summed E-state index contributed by atoms with van der Waals surface area (Å²) in [5.41, 5.74) is 2.50. The summed E-state index contributed by atoms with van der Waals surface area (Å²) >= 11 is 0. The molecule has 6 nitrogen and oxygen atoms in total. The van der Waals surface area contributed by atoms with Gasteiger partial charge in [0.25, 0.3) is 11.8 Å². The zero-order valence-electron chi connectivity index (χ0n) is 16.0. The fourth-order valence-electron chi connectivity index (χ4n) is 2.86. The summed E-state index contributed by atoms with van der Waals surface area (Å²) in [6.07, 6.45) is 1.45. The lowest BCUT2D eigenvalue weighted by atomic mass is 10.1. The number of nitrogens with zero attached hydrogens (tertiary/aromatic N) is 3. The van der Waals surface area contributed by atoms with Crippen molar-refractivity contribution in [2.45, 2.75) is 13.5 Å². The molecule has 29 heavy (non-hydrogen) atoms. The van der Waals surface area contributed by atoms with Gasteiger partial charge in [0.2, 0.25) is 0 Å². The lowest BCUT2D eigenvalue weighted by molar-refractivity contribution is 0.0752. The van der Waals surface area contributed by atoms with Crippen LogP contribution in [0.2, 0.25) is 0 Å². The van der Waals surface area contributed by atoms with Gasteiger partial charge in [-0.1, -0.05) is 36.4 Å². The molecular formula is C23H20N4O2. The zero-order valence-corrected chi connectivity index (χ0v) is 16.0. The summed E-state index contributed by atoms with van der Waals surface area (Å²) < 4.78 is 0. The van der Waals surface area contributed by atoms with Crippen molar-refractivity contribution in [2.75, 3.05) is 11.9 Å². The molecule has 1 N–H and O–H groups in total. The summed E-state index contributed by atoms with van der Waals surface area (Å²) in [5, 5.41) is 11.7. The molecule has 2 amide bonds. The van der Waals surface area contributed by atoms with Crippen LogP contribution in [0, 0.1) is 11.3 Å². The highest BCUT2D eigenvalue weighted by Gasteiger charge is 2.17. The van der Waals surface area contributed by atoms with E-state index in [1.54, 1.807) is 35.2 Å². The quantitative estimate of drug-likeness (QED) is 0.699. The number of benzene rings is 2. The monoisotopic (exact) mass is 384 g/mol. The number of carbonyl (C=O) groups is 2. The normalized spacial score (nSPS) is 10.1. The molecule has 2 aromatic carbocycles. The molecule has 0 radical (unpaired) electrons. The first-order valence-corrected chi connectivity index (χ1v) is 9.21. The smallest absolute Gasteiger partial charge is 0.274 e. The molecule has 0 aliphatic rings. The van der Waals surface area contributed by atoms with Crippen LogP contribution in [0.15, 0.2) is 72.9 Å². The molecule has 0 aliphatic carbocycles. The number of rotatable bonds is 6. The van der Waals surface area contributed by atoms with E-state index in [1.807, 2.05) is 43.3 Å². The van der Waals surface area contributed by atoms with Crippen LogP contribution in [-0.4, -0.2) is 28.2 Å². The van der Waals surface area contributed by atoms with Crippen LogP contribution < -0.4 is 5.32 Å². The van der Waals surface area contributed by atoms with Gasteiger partial charge < -0.3 is 10.2 Å². The lowest BCUT2D eigenvalue weighted by Crippen LogP contribution is -2.30. The highest BCUT2D eigenvalue weighted by molar-refractivity contribution is 6.04. The van der Waals surface area contributed by atoms with Gasteiger partial charge in [-0.25, -0.2) is 0 Å². The predicted octanol–water partition coefficient (Wildman–Crippen LogP) is 3.87. The molecule has 1 aromatic heterocycles. The molecule has 0 saturated carbocycles. The molecule has 3 aromatic rings. The van der Waals surface area contributed by atoms with Gasteiger partial charge in [0, 0.05) is 30.5 Å². The van der Waals surface area contributed by atoms with Gasteiger partial charge >= 0.3 is 0 Å². The third-order valence-electron chi connectivity index (χ3n) is 4.37. The first-order valence-electron chi connectivity index (χ1n) is 9.21. The van der Waals surface area contributed by atoms with Crippen molar-refractivity contribution in [2.24, 2.45) is 0 Å². The molecule has 3 rings (SSSR count). The molecule has 0 aliphatic heterocycles. The summed E-state index contributed by atoms with van der Waals surface area (Å²) in [4.78, 5) is 31.3. The van der Waals surface area contributed by atoms with Crippen molar-refractivity contribution in [1.82, 2.24) is 9.88 Å². The number of amides is 2. The first-order chi connectivity index (χ1) is 14.1. The Morgan fingerprint density at radius 1 is 1.07 bits per heavy atom. The fourth-order valence-corrected chi connectivity index (χ4v) is 2.86. The molecule has 1 heterocycles. The highest BCUT2D eigenvalue weighted by atomic mass is 16.2. The Balaban J connectivity index is 1.76. The molecule has 0 unspecified atom stereocenters. The van der Waals surface area contributed by atoms with E-state index in [1.165, 1.54) is 12.3 Å². The Kier molecular flexibility index (Phi) is 6.33. The van der Waals surface area contributed by atoms with E-state index < -0.39 is 5.91 Å². The van der Waals surface area contributed by atoms with Crippen molar-refractivity contribution in [1.29, 1.82) is 5.26 Å². The summed E-state index contributed by atoms with van der Waals surface area (Å²) in [7, 11) is 0. The summed E-state index contributed by atoms with van der Waals surface area (Å²) in [5.74, 6) is -0.611. The van der Waals surface area contributed by atoms with E-state index in [9.17, 15) is 9.59 Å². The topological polar surface area (TPSA) is 86.1 Å². The number of aromatic nitrogens is 1. The Morgan fingerprint density at radius 3 is 2.59 bits per heavy atom. The van der Waals surface area contributed by atoms with Crippen LogP contribution in [0.4, 0.5) is 5.69 Å². The first kappa shape index (κ1) is 19.8. The molecule has 0 fully saturated rings. The van der Waals surface area contributed by atoms with Crippen LogP contribution in [0.25, 0.3) is 0 Å². The fraction of sp³-hybridized carbons (Fsp3) is 0.130. The molecule has 6 heteroatoms. The molecule has 0 atom stereocenters. The lowest BCUT2D eigenvalue weighted by Gasteiger charge is -2.21. The molecular weight excluding hydrogens is 364 g/mol. The van der Waals surface area contributed by atoms with Crippen molar-refractivity contribution in [3.63, 3.8) is 0 Å². The van der Waals surface area contributed by atoms with Crippen LogP contribution in [0.1, 0.15) is 38.9 Å². The van der Waals surface area contributed by atoms with Gasteiger partial charge in [-0.2, -0.15) is 5.26 Å². The van der Waals surface area contributed by atoms with Gasteiger partial charge in [0.05, 0.1) is 11.6 Å². The van der Waals surface area contributed by atoms with Crippen LogP contribution in [0.5, 0.6) is 0 Å². The van der Waals surface area contributed by atoms with Crippen molar-refractivity contribution in [3.05, 3.63) is 95.3 Å².